The molecule has 2 aromatic rings. The molecule has 5 nitrogen and oxygen atoms in total. The van der Waals surface area contributed by atoms with Crippen LogP contribution in [0.1, 0.15) is 44.0 Å². The van der Waals surface area contributed by atoms with Gasteiger partial charge < -0.3 is 10.6 Å². The van der Waals surface area contributed by atoms with E-state index in [1.54, 1.807) is 0 Å². The van der Waals surface area contributed by atoms with Gasteiger partial charge in [0.05, 0.1) is 17.3 Å². The molecule has 128 valence electrons. The lowest BCUT2D eigenvalue weighted by Crippen LogP contribution is -2.23. The fourth-order valence-electron chi connectivity index (χ4n) is 2.41. The molecule has 0 aliphatic rings. The topological polar surface area (TPSA) is 65.7 Å². The van der Waals surface area contributed by atoms with Gasteiger partial charge in [-0.1, -0.05) is 32.9 Å². The summed E-state index contributed by atoms with van der Waals surface area (Å²) < 4.78 is 1.89. The fraction of sp³-hybridized carbons (Fsp3) is 0.474. The van der Waals surface area contributed by atoms with Gasteiger partial charge in [-0.2, -0.15) is 10.4 Å². The second-order valence-electron chi connectivity index (χ2n) is 6.97. The van der Waals surface area contributed by atoms with Gasteiger partial charge in [0, 0.05) is 20.1 Å². The summed E-state index contributed by atoms with van der Waals surface area (Å²) in [7, 11) is 1.96. The summed E-state index contributed by atoms with van der Waals surface area (Å²) in [6.07, 6.45) is 1.12. The molecule has 0 aliphatic carbocycles. The highest BCUT2D eigenvalue weighted by molar-refractivity contribution is 5.68. The molecule has 2 rings (SSSR count). The van der Waals surface area contributed by atoms with E-state index in [2.05, 4.69) is 42.6 Å². The summed E-state index contributed by atoms with van der Waals surface area (Å²) in [5.74, 6) is 1.02. The van der Waals surface area contributed by atoms with Gasteiger partial charge in [-0.15, -0.1) is 0 Å². The molecule has 2 N–H and O–H groups in total. The number of aromatic nitrogens is 2. The maximum atomic E-state index is 8.87. The summed E-state index contributed by atoms with van der Waals surface area (Å²) in [4.78, 5) is 0. The molecule has 24 heavy (non-hydrogen) atoms. The summed E-state index contributed by atoms with van der Waals surface area (Å²) in [5, 5.41) is 20.4. The van der Waals surface area contributed by atoms with E-state index in [9.17, 15) is 0 Å². The molecular weight excluding hydrogens is 298 g/mol. The van der Waals surface area contributed by atoms with E-state index >= 15 is 0 Å². The van der Waals surface area contributed by atoms with E-state index in [4.69, 9.17) is 5.26 Å². The third-order valence-corrected chi connectivity index (χ3v) is 4.47. The van der Waals surface area contributed by atoms with Crippen molar-refractivity contribution < 1.29 is 0 Å². The van der Waals surface area contributed by atoms with Crippen LogP contribution in [-0.4, -0.2) is 16.3 Å². The van der Waals surface area contributed by atoms with Crippen LogP contribution in [-0.2, 0) is 13.6 Å². The Labute approximate surface area is 144 Å². The Morgan fingerprint density at radius 2 is 1.88 bits per heavy atom. The van der Waals surface area contributed by atoms with E-state index in [0.717, 1.165) is 35.7 Å². The first-order valence-electron chi connectivity index (χ1n) is 8.36. The van der Waals surface area contributed by atoms with Crippen LogP contribution < -0.4 is 10.6 Å². The Morgan fingerprint density at radius 3 is 2.46 bits per heavy atom. The van der Waals surface area contributed by atoms with Crippen LogP contribution in [0.5, 0.6) is 0 Å². The number of benzene rings is 1. The smallest absolute Gasteiger partial charge is 0.148 e. The Morgan fingerprint density at radius 1 is 1.21 bits per heavy atom. The lowest BCUT2D eigenvalue weighted by atomic mass is 9.90. The first kappa shape index (κ1) is 17.9. The number of nitrogens with zero attached hydrogens (tertiary/aromatic N) is 3. The van der Waals surface area contributed by atoms with Crippen LogP contribution in [0.3, 0.4) is 0 Å². The third-order valence-electron chi connectivity index (χ3n) is 4.47. The molecule has 1 aromatic carbocycles. The summed E-state index contributed by atoms with van der Waals surface area (Å²) in [5.41, 5.74) is 4.07. The van der Waals surface area contributed by atoms with Gasteiger partial charge in [-0.3, -0.25) is 4.68 Å². The Kier molecular flexibility index (Phi) is 5.50. The van der Waals surface area contributed by atoms with Crippen molar-refractivity contribution in [3.8, 4) is 6.07 Å². The molecular formula is C19H27N5. The third kappa shape index (κ3) is 4.29. The SMILES string of the molecule is CCC(C)(C)CNc1c(NCc2ccc(C#N)cc2)c(C)nn1C. The number of nitriles is 1. The van der Waals surface area contributed by atoms with E-state index in [1.165, 1.54) is 0 Å². The minimum atomic E-state index is 0.239. The molecule has 0 saturated heterocycles. The fourth-order valence-corrected chi connectivity index (χ4v) is 2.41. The van der Waals surface area contributed by atoms with Gasteiger partial charge in [0.2, 0.25) is 0 Å². The average Bonchev–Trinajstić information content (AvgIpc) is 2.84. The summed E-state index contributed by atoms with van der Waals surface area (Å²) >= 11 is 0. The number of anilines is 2. The zero-order chi connectivity index (χ0) is 17.7. The minimum Gasteiger partial charge on any atom is -0.376 e. The zero-order valence-electron chi connectivity index (χ0n) is 15.3. The van der Waals surface area contributed by atoms with Crippen molar-refractivity contribution in [2.24, 2.45) is 12.5 Å². The molecule has 0 radical (unpaired) electrons. The highest BCUT2D eigenvalue weighted by atomic mass is 15.3. The van der Waals surface area contributed by atoms with Gasteiger partial charge in [0.1, 0.15) is 11.5 Å². The van der Waals surface area contributed by atoms with Crippen LogP contribution in [0.15, 0.2) is 24.3 Å². The van der Waals surface area contributed by atoms with Crippen molar-refractivity contribution in [3.63, 3.8) is 0 Å². The molecule has 0 fully saturated rings. The van der Waals surface area contributed by atoms with Crippen LogP contribution in [0.4, 0.5) is 11.5 Å². The highest BCUT2D eigenvalue weighted by Crippen LogP contribution is 2.28. The number of rotatable bonds is 7. The van der Waals surface area contributed by atoms with Gasteiger partial charge in [-0.05, 0) is 36.5 Å². The van der Waals surface area contributed by atoms with Crippen molar-refractivity contribution in [1.82, 2.24) is 9.78 Å². The average molecular weight is 325 g/mol. The van der Waals surface area contributed by atoms with Crippen molar-refractivity contribution in [2.45, 2.75) is 40.7 Å². The predicted molar refractivity (Wildman–Crippen MR) is 99.0 cm³/mol. The lowest BCUT2D eigenvalue weighted by molar-refractivity contribution is 0.376. The number of aryl methyl sites for hydroxylation is 2. The Bertz CT molecular complexity index is 719. The molecule has 0 saturated carbocycles. The molecule has 5 heteroatoms. The molecule has 0 atom stereocenters. The monoisotopic (exact) mass is 325 g/mol. The maximum absolute atomic E-state index is 8.87. The standard InChI is InChI=1S/C19H27N5/c1-6-19(3,4)13-22-18-17(14(2)23-24(18)5)21-12-16-9-7-15(11-20)8-10-16/h7-10,21-22H,6,12-13H2,1-5H3. The highest BCUT2D eigenvalue weighted by Gasteiger charge is 2.18. The summed E-state index contributed by atoms with van der Waals surface area (Å²) in [6, 6.07) is 9.78. The first-order valence-corrected chi connectivity index (χ1v) is 8.36. The van der Waals surface area contributed by atoms with Crippen LogP contribution in [0.2, 0.25) is 0 Å². The van der Waals surface area contributed by atoms with Gasteiger partial charge in [-0.25, -0.2) is 0 Å². The Hall–Kier alpha value is -2.48. The van der Waals surface area contributed by atoms with Crippen LogP contribution in [0.25, 0.3) is 0 Å². The number of nitrogens with one attached hydrogen (secondary N) is 2. The Balaban J connectivity index is 2.10. The predicted octanol–water partition coefficient (Wildman–Crippen LogP) is 4.06. The second kappa shape index (κ2) is 7.39. The van der Waals surface area contributed by atoms with Crippen LogP contribution in [0, 0.1) is 23.7 Å². The molecule has 0 spiro atoms. The zero-order valence-corrected chi connectivity index (χ0v) is 15.3. The molecule has 0 unspecified atom stereocenters. The van der Waals surface area contributed by atoms with Gasteiger partial charge >= 0.3 is 0 Å². The van der Waals surface area contributed by atoms with Gasteiger partial charge in [0.25, 0.3) is 0 Å². The molecule has 0 amide bonds. The molecule has 1 heterocycles. The minimum absolute atomic E-state index is 0.239. The van der Waals surface area contributed by atoms with Crippen LogP contribution >= 0.6 is 0 Å². The van der Waals surface area contributed by atoms with E-state index in [-0.39, 0.29) is 5.41 Å². The quantitative estimate of drug-likeness (QED) is 0.805. The van der Waals surface area contributed by atoms with Crippen molar-refractivity contribution in [3.05, 3.63) is 41.1 Å². The summed E-state index contributed by atoms with van der Waals surface area (Å²) in [6.45, 7) is 10.3. The van der Waals surface area contributed by atoms with Crippen molar-refractivity contribution >= 4 is 11.5 Å². The van der Waals surface area contributed by atoms with Crippen molar-refractivity contribution in [1.29, 1.82) is 5.26 Å². The second-order valence-corrected chi connectivity index (χ2v) is 6.97. The number of hydrogen-bond donors (Lipinski definition) is 2. The van der Waals surface area contributed by atoms with E-state index in [0.29, 0.717) is 12.1 Å². The van der Waals surface area contributed by atoms with Crippen molar-refractivity contribution in [2.75, 3.05) is 17.2 Å². The molecule has 0 aliphatic heterocycles. The number of hydrogen-bond acceptors (Lipinski definition) is 4. The van der Waals surface area contributed by atoms with E-state index in [1.807, 2.05) is 42.9 Å². The largest absolute Gasteiger partial charge is 0.376 e. The first-order chi connectivity index (χ1) is 11.4. The normalized spacial score (nSPS) is 11.2. The maximum Gasteiger partial charge on any atom is 0.148 e. The molecule has 1 aromatic heterocycles. The van der Waals surface area contributed by atoms with E-state index < -0.39 is 0 Å². The lowest BCUT2D eigenvalue weighted by Gasteiger charge is -2.24. The molecule has 0 bridgehead atoms. The van der Waals surface area contributed by atoms with Gasteiger partial charge in [0.15, 0.2) is 0 Å².